The van der Waals surface area contributed by atoms with E-state index in [1.807, 2.05) is 0 Å². The Hall–Kier alpha value is -0.0400. The zero-order valence-corrected chi connectivity index (χ0v) is 16.2. The topological polar surface area (TPSA) is 39.7 Å². The van der Waals surface area contributed by atoms with E-state index in [1.54, 1.807) is 0 Å². The predicted octanol–water partition coefficient (Wildman–Crippen LogP) is 2.83. The number of hydrogen-bond acceptors (Lipinski definition) is 2. The molecule has 1 atom stereocenters. The highest BCUT2D eigenvalue weighted by molar-refractivity contribution is 14.0. The number of nitrogens with zero attached hydrogens (tertiary/aromatic N) is 2. The minimum atomic E-state index is 0. The smallest absolute Gasteiger partial charge is 0.191 e. The fourth-order valence-electron chi connectivity index (χ4n) is 2.44. The molecule has 124 valence electrons. The van der Waals surface area contributed by atoms with Crippen LogP contribution >= 0.6 is 24.0 Å². The SMILES string of the molecule is CCNC(=NCCN(CC1CC1)C1CC1)NC(C)CC.I. The Morgan fingerprint density at radius 2 is 1.95 bits per heavy atom. The van der Waals surface area contributed by atoms with Crippen LogP contribution in [-0.4, -0.2) is 49.1 Å². The molecular formula is C16H33IN4. The fourth-order valence-corrected chi connectivity index (χ4v) is 2.44. The van der Waals surface area contributed by atoms with Crippen molar-refractivity contribution >= 4 is 29.9 Å². The predicted molar refractivity (Wildman–Crippen MR) is 102 cm³/mol. The molecule has 0 saturated heterocycles. The maximum atomic E-state index is 4.73. The quantitative estimate of drug-likeness (QED) is 0.350. The Balaban J connectivity index is 0.00000220. The van der Waals surface area contributed by atoms with Gasteiger partial charge in [0.2, 0.25) is 0 Å². The molecule has 0 aromatic rings. The van der Waals surface area contributed by atoms with E-state index >= 15 is 0 Å². The van der Waals surface area contributed by atoms with Gasteiger partial charge >= 0.3 is 0 Å². The van der Waals surface area contributed by atoms with Crippen LogP contribution in [0.4, 0.5) is 0 Å². The van der Waals surface area contributed by atoms with Crippen LogP contribution < -0.4 is 10.6 Å². The highest BCUT2D eigenvalue weighted by atomic mass is 127. The van der Waals surface area contributed by atoms with E-state index in [4.69, 9.17) is 4.99 Å². The van der Waals surface area contributed by atoms with E-state index in [0.29, 0.717) is 6.04 Å². The zero-order chi connectivity index (χ0) is 14.4. The molecule has 2 aliphatic rings. The first-order chi connectivity index (χ1) is 9.72. The lowest BCUT2D eigenvalue weighted by Gasteiger charge is -2.21. The van der Waals surface area contributed by atoms with Crippen molar-refractivity contribution in [1.82, 2.24) is 15.5 Å². The second-order valence-corrected chi connectivity index (χ2v) is 6.38. The van der Waals surface area contributed by atoms with Crippen LogP contribution in [0.2, 0.25) is 0 Å². The largest absolute Gasteiger partial charge is 0.357 e. The fraction of sp³-hybridized carbons (Fsp3) is 0.938. The van der Waals surface area contributed by atoms with E-state index in [2.05, 4.69) is 36.3 Å². The van der Waals surface area contributed by atoms with E-state index in [1.165, 1.54) is 32.2 Å². The van der Waals surface area contributed by atoms with Gasteiger partial charge in [-0.3, -0.25) is 9.89 Å². The van der Waals surface area contributed by atoms with Gasteiger partial charge in [-0.05, 0) is 51.9 Å². The van der Waals surface area contributed by atoms with Crippen molar-refractivity contribution in [3.05, 3.63) is 0 Å². The monoisotopic (exact) mass is 408 g/mol. The third-order valence-corrected chi connectivity index (χ3v) is 4.25. The Kier molecular flexibility index (Phi) is 8.94. The van der Waals surface area contributed by atoms with Crippen molar-refractivity contribution in [3.8, 4) is 0 Å². The maximum absolute atomic E-state index is 4.73. The molecule has 0 aliphatic heterocycles. The van der Waals surface area contributed by atoms with Gasteiger partial charge in [-0.2, -0.15) is 0 Å². The lowest BCUT2D eigenvalue weighted by Crippen LogP contribution is -2.42. The van der Waals surface area contributed by atoms with Gasteiger partial charge in [0.15, 0.2) is 5.96 Å². The number of hydrogen-bond donors (Lipinski definition) is 2. The van der Waals surface area contributed by atoms with Gasteiger partial charge in [-0.1, -0.05) is 6.92 Å². The van der Waals surface area contributed by atoms with Gasteiger partial charge in [-0.25, -0.2) is 0 Å². The van der Waals surface area contributed by atoms with Gasteiger partial charge in [0.25, 0.3) is 0 Å². The molecule has 4 nitrogen and oxygen atoms in total. The van der Waals surface area contributed by atoms with Crippen LogP contribution in [0, 0.1) is 5.92 Å². The minimum Gasteiger partial charge on any atom is -0.357 e. The lowest BCUT2D eigenvalue weighted by molar-refractivity contribution is 0.260. The summed E-state index contributed by atoms with van der Waals surface area (Å²) in [6, 6.07) is 1.36. The summed E-state index contributed by atoms with van der Waals surface area (Å²) >= 11 is 0. The van der Waals surface area contributed by atoms with Crippen LogP contribution in [0.15, 0.2) is 4.99 Å². The number of aliphatic imine (C=N–C) groups is 1. The van der Waals surface area contributed by atoms with Crippen LogP contribution in [0.3, 0.4) is 0 Å². The summed E-state index contributed by atoms with van der Waals surface area (Å²) in [4.78, 5) is 7.41. The van der Waals surface area contributed by atoms with E-state index in [0.717, 1.165) is 44.0 Å². The van der Waals surface area contributed by atoms with Crippen LogP contribution in [0.5, 0.6) is 0 Å². The first kappa shape index (κ1) is 19.0. The number of guanidine groups is 1. The summed E-state index contributed by atoms with van der Waals surface area (Å²) in [7, 11) is 0. The lowest BCUT2D eigenvalue weighted by atomic mass is 10.3. The normalized spacial score (nSPS) is 20.1. The maximum Gasteiger partial charge on any atom is 0.191 e. The van der Waals surface area contributed by atoms with Crippen molar-refractivity contribution in [2.24, 2.45) is 10.9 Å². The molecule has 2 N–H and O–H groups in total. The Morgan fingerprint density at radius 3 is 2.48 bits per heavy atom. The molecule has 2 rings (SSSR count). The molecule has 0 heterocycles. The average Bonchev–Trinajstić information content (AvgIpc) is 3.29. The summed E-state index contributed by atoms with van der Waals surface area (Å²) < 4.78 is 0. The molecule has 0 amide bonds. The summed E-state index contributed by atoms with van der Waals surface area (Å²) in [6.07, 6.45) is 6.83. The average molecular weight is 408 g/mol. The molecule has 0 bridgehead atoms. The van der Waals surface area contributed by atoms with Crippen LogP contribution in [-0.2, 0) is 0 Å². The van der Waals surface area contributed by atoms with Crippen molar-refractivity contribution in [3.63, 3.8) is 0 Å². The molecule has 2 saturated carbocycles. The molecule has 5 heteroatoms. The number of nitrogens with one attached hydrogen (secondary N) is 2. The molecule has 1 unspecified atom stereocenters. The molecule has 2 fully saturated rings. The van der Waals surface area contributed by atoms with Crippen molar-refractivity contribution in [2.75, 3.05) is 26.2 Å². The number of halogens is 1. The summed E-state index contributed by atoms with van der Waals surface area (Å²) in [6.45, 7) is 10.8. The van der Waals surface area contributed by atoms with Crippen molar-refractivity contribution in [2.45, 2.75) is 65.0 Å². The third kappa shape index (κ3) is 7.68. The number of rotatable bonds is 9. The molecule has 0 radical (unpaired) electrons. The van der Waals surface area contributed by atoms with Crippen LogP contribution in [0.25, 0.3) is 0 Å². The first-order valence-electron chi connectivity index (χ1n) is 8.51. The second kappa shape index (κ2) is 9.87. The third-order valence-electron chi connectivity index (χ3n) is 4.25. The molecule has 2 aliphatic carbocycles. The Bertz CT molecular complexity index is 313. The van der Waals surface area contributed by atoms with Gasteiger partial charge in [-0.15, -0.1) is 24.0 Å². The highest BCUT2D eigenvalue weighted by Gasteiger charge is 2.33. The molecular weight excluding hydrogens is 375 g/mol. The summed E-state index contributed by atoms with van der Waals surface area (Å²) in [5, 5.41) is 6.80. The van der Waals surface area contributed by atoms with Gasteiger partial charge in [0.05, 0.1) is 6.54 Å². The van der Waals surface area contributed by atoms with E-state index in [9.17, 15) is 0 Å². The Morgan fingerprint density at radius 1 is 1.24 bits per heavy atom. The summed E-state index contributed by atoms with van der Waals surface area (Å²) in [5.74, 6) is 1.97. The van der Waals surface area contributed by atoms with E-state index in [-0.39, 0.29) is 24.0 Å². The van der Waals surface area contributed by atoms with Crippen molar-refractivity contribution in [1.29, 1.82) is 0 Å². The second-order valence-electron chi connectivity index (χ2n) is 6.38. The molecule has 21 heavy (non-hydrogen) atoms. The van der Waals surface area contributed by atoms with Crippen LogP contribution in [0.1, 0.15) is 52.9 Å². The van der Waals surface area contributed by atoms with Gasteiger partial charge in [0, 0.05) is 31.7 Å². The molecule has 0 aromatic carbocycles. The molecule has 0 aromatic heterocycles. The van der Waals surface area contributed by atoms with Gasteiger partial charge < -0.3 is 10.6 Å². The standard InChI is InChI=1S/C16H32N4.HI/c1-4-13(3)19-16(17-5-2)18-10-11-20(15-8-9-15)12-14-6-7-14;/h13-15H,4-12H2,1-3H3,(H2,17,18,19);1H. The van der Waals surface area contributed by atoms with Gasteiger partial charge in [0.1, 0.15) is 0 Å². The first-order valence-corrected chi connectivity index (χ1v) is 8.51. The summed E-state index contributed by atoms with van der Waals surface area (Å²) in [5.41, 5.74) is 0. The zero-order valence-electron chi connectivity index (χ0n) is 13.9. The van der Waals surface area contributed by atoms with E-state index < -0.39 is 0 Å². The van der Waals surface area contributed by atoms with Crippen molar-refractivity contribution < 1.29 is 0 Å². The molecule has 0 spiro atoms. The Labute approximate surface area is 147 Å². The highest BCUT2D eigenvalue weighted by Crippen LogP contribution is 2.34. The minimum absolute atomic E-state index is 0.